The summed E-state index contributed by atoms with van der Waals surface area (Å²) in [6.45, 7) is 11.6. The van der Waals surface area contributed by atoms with Gasteiger partial charge >= 0.3 is 0 Å². The number of amides is 2. The van der Waals surface area contributed by atoms with E-state index in [2.05, 4.69) is 5.32 Å². The van der Waals surface area contributed by atoms with E-state index in [4.69, 9.17) is 9.47 Å². The van der Waals surface area contributed by atoms with Crippen molar-refractivity contribution in [3.05, 3.63) is 59.2 Å². The molecule has 0 bridgehead atoms. The summed E-state index contributed by atoms with van der Waals surface area (Å²) in [5.41, 5.74) is 2.72. The van der Waals surface area contributed by atoms with E-state index in [1.54, 1.807) is 14.0 Å². The highest BCUT2D eigenvalue weighted by Crippen LogP contribution is 2.19. The molecule has 0 aliphatic carbocycles. The minimum absolute atomic E-state index is 0.153. The molecule has 168 valence electrons. The second kappa shape index (κ2) is 10.3. The van der Waals surface area contributed by atoms with Crippen LogP contribution in [0.4, 0.5) is 0 Å². The number of carbonyl (C=O) groups excluding carboxylic acids is 2. The van der Waals surface area contributed by atoms with Crippen molar-refractivity contribution in [2.45, 2.75) is 59.7 Å². The third kappa shape index (κ3) is 7.31. The highest BCUT2D eigenvalue weighted by Gasteiger charge is 2.28. The fraction of sp³-hybridized carbons (Fsp3) is 0.440. The number of methoxy groups -OCH3 is 1. The zero-order valence-electron chi connectivity index (χ0n) is 19.6. The summed E-state index contributed by atoms with van der Waals surface area (Å²) in [6.07, 6.45) is 0. The van der Waals surface area contributed by atoms with Crippen LogP contribution in [-0.4, -0.2) is 42.0 Å². The summed E-state index contributed by atoms with van der Waals surface area (Å²) in [6, 6.07) is 12.5. The standard InChI is InChI=1S/C25H34N2O4/c1-17-11-12-22(13-18(17)2)31-16-23(28)27(19(3)24(29)26-25(4,5)6)15-20-9-8-10-21(14-20)30-7/h8-14,19H,15-16H2,1-7H3,(H,26,29). The minimum Gasteiger partial charge on any atom is -0.497 e. The monoisotopic (exact) mass is 426 g/mol. The number of aryl methyl sites for hydroxylation is 2. The molecule has 2 rings (SSSR count). The van der Waals surface area contributed by atoms with Gasteiger partial charge in [0, 0.05) is 12.1 Å². The smallest absolute Gasteiger partial charge is 0.261 e. The Morgan fingerprint density at radius 2 is 1.74 bits per heavy atom. The number of nitrogens with zero attached hydrogens (tertiary/aromatic N) is 1. The Balaban J connectivity index is 2.20. The quantitative estimate of drug-likeness (QED) is 0.692. The van der Waals surface area contributed by atoms with Crippen LogP contribution in [0.25, 0.3) is 0 Å². The normalized spacial score (nSPS) is 12.1. The molecule has 0 aliphatic heterocycles. The number of benzene rings is 2. The Morgan fingerprint density at radius 1 is 1.03 bits per heavy atom. The Morgan fingerprint density at radius 3 is 2.35 bits per heavy atom. The Hall–Kier alpha value is -3.02. The lowest BCUT2D eigenvalue weighted by Crippen LogP contribution is -2.53. The third-order valence-electron chi connectivity index (χ3n) is 4.99. The summed E-state index contributed by atoms with van der Waals surface area (Å²) >= 11 is 0. The van der Waals surface area contributed by atoms with E-state index < -0.39 is 11.6 Å². The van der Waals surface area contributed by atoms with Gasteiger partial charge in [-0.2, -0.15) is 0 Å². The Bertz CT molecular complexity index is 918. The molecule has 0 saturated heterocycles. The van der Waals surface area contributed by atoms with Gasteiger partial charge in [0.25, 0.3) is 5.91 Å². The van der Waals surface area contributed by atoms with E-state index in [0.29, 0.717) is 11.5 Å². The maximum atomic E-state index is 13.1. The van der Waals surface area contributed by atoms with Gasteiger partial charge in [-0.05, 0) is 82.5 Å². The van der Waals surface area contributed by atoms with Crippen LogP contribution in [0.3, 0.4) is 0 Å². The van der Waals surface area contributed by atoms with Crippen molar-refractivity contribution in [1.29, 1.82) is 0 Å². The number of hydrogen-bond acceptors (Lipinski definition) is 4. The fourth-order valence-corrected chi connectivity index (χ4v) is 3.06. The summed E-state index contributed by atoms with van der Waals surface area (Å²) in [5.74, 6) is 0.847. The molecular weight excluding hydrogens is 392 g/mol. The van der Waals surface area contributed by atoms with Crippen LogP contribution in [0.5, 0.6) is 11.5 Å². The molecule has 1 atom stereocenters. The van der Waals surface area contributed by atoms with Crippen LogP contribution in [0.1, 0.15) is 44.4 Å². The zero-order valence-corrected chi connectivity index (χ0v) is 19.6. The van der Waals surface area contributed by atoms with Crippen molar-refractivity contribution in [3.63, 3.8) is 0 Å². The van der Waals surface area contributed by atoms with E-state index in [1.165, 1.54) is 4.90 Å². The minimum atomic E-state index is -0.665. The highest BCUT2D eigenvalue weighted by atomic mass is 16.5. The van der Waals surface area contributed by atoms with Crippen LogP contribution in [0.2, 0.25) is 0 Å². The van der Waals surface area contributed by atoms with Gasteiger partial charge in [0.05, 0.1) is 7.11 Å². The number of nitrogens with one attached hydrogen (secondary N) is 1. The molecule has 2 amide bonds. The lowest BCUT2D eigenvalue weighted by molar-refractivity contribution is -0.142. The average Bonchev–Trinajstić information content (AvgIpc) is 2.71. The maximum Gasteiger partial charge on any atom is 0.261 e. The first kappa shape index (κ1) is 24.3. The third-order valence-corrected chi connectivity index (χ3v) is 4.99. The predicted octanol–water partition coefficient (Wildman–Crippen LogP) is 4.02. The van der Waals surface area contributed by atoms with E-state index in [1.807, 2.05) is 77.1 Å². The van der Waals surface area contributed by atoms with Crippen LogP contribution in [-0.2, 0) is 16.1 Å². The first-order chi connectivity index (χ1) is 14.5. The molecule has 0 aliphatic rings. The van der Waals surface area contributed by atoms with Gasteiger partial charge in [-0.15, -0.1) is 0 Å². The molecule has 0 heterocycles. The van der Waals surface area contributed by atoms with Gasteiger partial charge in [0.15, 0.2) is 6.61 Å². The van der Waals surface area contributed by atoms with Crippen molar-refractivity contribution in [2.24, 2.45) is 0 Å². The van der Waals surface area contributed by atoms with Crippen molar-refractivity contribution in [3.8, 4) is 11.5 Å². The molecule has 0 spiro atoms. The Labute approximate surface area is 185 Å². The molecule has 1 unspecified atom stereocenters. The van der Waals surface area contributed by atoms with Crippen LogP contribution in [0, 0.1) is 13.8 Å². The summed E-state index contributed by atoms with van der Waals surface area (Å²) in [7, 11) is 1.60. The predicted molar refractivity (Wildman–Crippen MR) is 122 cm³/mol. The zero-order chi connectivity index (χ0) is 23.2. The summed E-state index contributed by atoms with van der Waals surface area (Å²) < 4.78 is 11.0. The van der Waals surface area contributed by atoms with Crippen molar-refractivity contribution < 1.29 is 19.1 Å². The average molecular weight is 427 g/mol. The van der Waals surface area contributed by atoms with Gasteiger partial charge in [-0.1, -0.05) is 18.2 Å². The Kier molecular flexibility index (Phi) is 8.08. The van der Waals surface area contributed by atoms with Gasteiger partial charge < -0.3 is 19.7 Å². The van der Waals surface area contributed by atoms with Gasteiger partial charge in [0.2, 0.25) is 5.91 Å². The van der Waals surface area contributed by atoms with Crippen LogP contribution >= 0.6 is 0 Å². The molecule has 0 fully saturated rings. The topological polar surface area (TPSA) is 67.9 Å². The van der Waals surface area contributed by atoms with Crippen molar-refractivity contribution in [1.82, 2.24) is 10.2 Å². The second-order valence-electron chi connectivity index (χ2n) is 8.82. The van der Waals surface area contributed by atoms with Crippen LogP contribution < -0.4 is 14.8 Å². The van der Waals surface area contributed by atoms with Gasteiger partial charge in [-0.3, -0.25) is 9.59 Å². The van der Waals surface area contributed by atoms with Crippen LogP contribution in [0.15, 0.2) is 42.5 Å². The van der Waals surface area contributed by atoms with E-state index >= 15 is 0 Å². The van der Waals surface area contributed by atoms with E-state index in [-0.39, 0.29) is 25.0 Å². The lowest BCUT2D eigenvalue weighted by Gasteiger charge is -2.31. The number of carbonyl (C=O) groups is 2. The van der Waals surface area contributed by atoms with E-state index in [0.717, 1.165) is 16.7 Å². The maximum absolute atomic E-state index is 13.1. The summed E-state index contributed by atoms with van der Waals surface area (Å²) in [5, 5.41) is 2.95. The molecule has 31 heavy (non-hydrogen) atoms. The fourth-order valence-electron chi connectivity index (χ4n) is 3.06. The SMILES string of the molecule is COc1cccc(CN(C(=O)COc2ccc(C)c(C)c2)C(C)C(=O)NC(C)(C)C)c1. The lowest BCUT2D eigenvalue weighted by atomic mass is 10.1. The van der Waals surface area contributed by atoms with Gasteiger partial charge in [0.1, 0.15) is 17.5 Å². The largest absolute Gasteiger partial charge is 0.497 e. The van der Waals surface area contributed by atoms with E-state index in [9.17, 15) is 9.59 Å². The van der Waals surface area contributed by atoms with Crippen molar-refractivity contribution >= 4 is 11.8 Å². The molecule has 1 N–H and O–H groups in total. The molecular formula is C25H34N2O4. The number of hydrogen-bond donors (Lipinski definition) is 1. The molecule has 0 aromatic heterocycles. The molecule has 2 aromatic rings. The molecule has 0 radical (unpaired) electrons. The first-order valence-corrected chi connectivity index (χ1v) is 10.4. The first-order valence-electron chi connectivity index (χ1n) is 10.4. The highest BCUT2D eigenvalue weighted by molar-refractivity contribution is 5.88. The van der Waals surface area contributed by atoms with Crippen molar-refractivity contribution in [2.75, 3.05) is 13.7 Å². The number of rotatable bonds is 8. The molecule has 0 saturated carbocycles. The number of ether oxygens (including phenoxy) is 2. The molecule has 6 nitrogen and oxygen atoms in total. The second-order valence-corrected chi connectivity index (χ2v) is 8.82. The summed E-state index contributed by atoms with van der Waals surface area (Å²) in [4.78, 5) is 27.5. The molecule has 6 heteroatoms. The van der Waals surface area contributed by atoms with Gasteiger partial charge in [-0.25, -0.2) is 0 Å². The molecule has 2 aromatic carbocycles.